The number of likely N-dealkylation sites (N-methyl/N-ethyl adjacent to an activating group) is 1. The third kappa shape index (κ3) is 2.25. The van der Waals surface area contributed by atoms with E-state index in [1.165, 1.54) is 4.31 Å². The molecule has 0 aliphatic carbocycles. The minimum Gasteiger partial charge on any atom is -0.454 e. The Morgan fingerprint density at radius 3 is 2.70 bits per heavy atom. The van der Waals surface area contributed by atoms with Crippen LogP contribution in [0.3, 0.4) is 0 Å². The van der Waals surface area contributed by atoms with Crippen molar-refractivity contribution in [2.45, 2.75) is 17.9 Å². The summed E-state index contributed by atoms with van der Waals surface area (Å²) in [5, 5.41) is 0. The Labute approximate surface area is 118 Å². The lowest BCUT2D eigenvalue weighted by Gasteiger charge is -2.36. The lowest BCUT2D eigenvalue weighted by Crippen LogP contribution is -2.51. The van der Waals surface area contributed by atoms with Gasteiger partial charge in [-0.05, 0) is 26.1 Å². The SMILES string of the molecule is CC1CN(S(=O)(=O)c2ccc3c(c2)OCO3)CCN1C. The van der Waals surface area contributed by atoms with Crippen molar-refractivity contribution in [2.24, 2.45) is 0 Å². The second kappa shape index (κ2) is 4.91. The Balaban J connectivity index is 1.88. The molecular formula is C13H18N2O4S. The summed E-state index contributed by atoms with van der Waals surface area (Å²) in [6, 6.07) is 4.98. The van der Waals surface area contributed by atoms with Crippen LogP contribution in [0.5, 0.6) is 11.5 Å². The van der Waals surface area contributed by atoms with E-state index in [0.29, 0.717) is 24.6 Å². The Bertz CT molecular complexity index is 617. The predicted octanol–water partition coefficient (Wildman–Crippen LogP) is 0.740. The normalized spacial score (nSPS) is 24.0. The molecule has 6 nitrogen and oxygen atoms in total. The summed E-state index contributed by atoms with van der Waals surface area (Å²) in [5.41, 5.74) is 0. The molecule has 0 N–H and O–H groups in total. The molecule has 0 bridgehead atoms. The van der Waals surface area contributed by atoms with Gasteiger partial charge in [-0.2, -0.15) is 4.31 Å². The van der Waals surface area contributed by atoms with Crippen molar-refractivity contribution in [2.75, 3.05) is 33.5 Å². The number of benzene rings is 1. The topological polar surface area (TPSA) is 59.1 Å². The van der Waals surface area contributed by atoms with E-state index in [-0.39, 0.29) is 17.7 Å². The fraction of sp³-hybridized carbons (Fsp3) is 0.538. The zero-order chi connectivity index (χ0) is 14.3. The third-order valence-electron chi connectivity index (χ3n) is 3.90. The number of hydrogen-bond acceptors (Lipinski definition) is 5. The van der Waals surface area contributed by atoms with Gasteiger partial charge >= 0.3 is 0 Å². The lowest BCUT2D eigenvalue weighted by molar-refractivity contribution is 0.159. The van der Waals surface area contributed by atoms with Crippen molar-refractivity contribution < 1.29 is 17.9 Å². The van der Waals surface area contributed by atoms with E-state index in [4.69, 9.17) is 9.47 Å². The summed E-state index contributed by atoms with van der Waals surface area (Å²) in [6.45, 7) is 3.93. The highest BCUT2D eigenvalue weighted by molar-refractivity contribution is 7.89. The molecule has 1 atom stereocenters. The first-order valence-electron chi connectivity index (χ1n) is 6.58. The van der Waals surface area contributed by atoms with Crippen molar-refractivity contribution in [3.8, 4) is 11.5 Å². The molecule has 1 fully saturated rings. The zero-order valence-corrected chi connectivity index (χ0v) is 12.4. The molecule has 1 aromatic carbocycles. The summed E-state index contributed by atoms with van der Waals surface area (Å²) < 4.78 is 37.3. The van der Waals surface area contributed by atoms with Crippen LogP contribution in [-0.4, -0.2) is 57.1 Å². The molecule has 1 saturated heterocycles. The van der Waals surface area contributed by atoms with Crippen LogP contribution in [0.25, 0.3) is 0 Å². The zero-order valence-electron chi connectivity index (χ0n) is 11.6. The van der Waals surface area contributed by atoms with E-state index >= 15 is 0 Å². The van der Waals surface area contributed by atoms with Crippen molar-refractivity contribution in [1.82, 2.24) is 9.21 Å². The molecule has 0 amide bonds. The number of hydrogen-bond donors (Lipinski definition) is 0. The van der Waals surface area contributed by atoms with Crippen LogP contribution in [-0.2, 0) is 10.0 Å². The maximum Gasteiger partial charge on any atom is 0.243 e. The minimum absolute atomic E-state index is 0.143. The number of nitrogens with zero attached hydrogens (tertiary/aromatic N) is 2. The van der Waals surface area contributed by atoms with Gasteiger partial charge in [-0.15, -0.1) is 0 Å². The molecule has 2 heterocycles. The van der Waals surface area contributed by atoms with Crippen LogP contribution >= 0.6 is 0 Å². The maximum absolute atomic E-state index is 12.7. The lowest BCUT2D eigenvalue weighted by atomic mass is 10.2. The first-order chi connectivity index (χ1) is 9.48. The highest BCUT2D eigenvalue weighted by Gasteiger charge is 2.31. The van der Waals surface area contributed by atoms with Crippen molar-refractivity contribution in [3.05, 3.63) is 18.2 Å². The van der Waals surface area contributed by atoms with E-state index in [9.17, 15) is 8.42 Å². The van der Waals surface area contributed by atoms with Crippen molar-refractivity contribution in [3.63, 3.8) is 0 Å². The van der Waals surface area contributed by atoms with Gasteiger partial charge in [0.2, 0.25) is 16.8 Å². The van der Waals surface area contributed by atoms with Gasteiger partial charge in [-0.3, -0.25) is 0 Å². The van der Waals surface area contributed by atoms with E-state index in [1.54, 1.807) is 18.2 Å². The monoisotopic (exact) mass is 298 g/mol. The summed E-state index contributed by atoms with van der Waals surface area (Å²) in [5.74, 6) is 1.09. The second-order valence-electron chi connectivity index (χ2n) is 5.21. The third-order valence-corrected chi connectivity index (χ3v) is 5.77. The number of fused-ring (bicyclic) bond motifs is 1. The van der Waals surface area contributed by atoms with Gasteiger partial charge in [-0.25, -0.2) is 8.42 Å². The van der Waals surface area contributed by atoms with E-state index in [0.717, 1.165) is 6.54 Å². The van der Waals surface area contributed by atoms with E-state index < -0.39 is 10.0 Å². The van der Waals surface area contributed by atoms with Gasteiger partial charge in [0, 0.05) is 31.7 Å². The molecule has 110 valence electrons. The smallest absolute Gasteiger partial charge is 0.243 e. The van der Waals surface area contributed by atoms with Crippen LogP contribution in [0, 0.1) is 0 Å². The molecule has 0 aromatic heterocycles. The molecule has 2 aliphatic rings. The van der Waals surface area contributed by atoms with Gasteiger partial charge in [-0.1, -0.05) is 0 Å². The highest BCUT2D eigenvalue weighted by Crippen LogP contribution is 2.34. The van der Waals surface area contributed by atoms with Gasteiger partial charge in [0.1, 0.15) is 0 Å². The first kappa shape index (κ1) is 13.7. The molecule has 20 heavy (non-hydrogen) atoms. The van der Waals surface area contributed by atoms with Crippen LogP contribution in [0.1, 0.15) is 6.92 Å². The molecule has 3 rings (SSSR count). The van der Waals surface area contributed by atoms with Crippen LogP contribution in [0.2, 0.25) is 0 Å². The molecule has 0 radical (unpaired) electrons. The van der Waals surface area contributed by atoms with Crippen molar-refractivity contribution >= 4 is 10.0 Å². The Morgan fingerprint density at radius 2 is 1.95 bits per heavy atom. The first-order valence-corrected chi connectivity index (χ1v) is 8.02. The molecule has 2 aliphatic heterocycles. The molecular weight excluding hydrogens is 280 g/mol. The maximum atomic E-state index is 12.7. The highest BCUT2D eigenvalue weighted by atomic mass is 32.2. The number of sulfonamides is 1. The van der Waals surface area contributed by atoms with Crippen LogP contribution < -0.4 is 9.47 Å². The van der Waals surface area contributed by atoms with Crippen LogP contribution in [0.15, 0.2) is 23.1 Å². The minimum atomic E-state index is -3.47. The molecule has 7 heteroatoms. The number of rotatable bonds is 2. The number of ether oxygens (including phenoxy) is 2. The Morgan fingerprint density at radius 1 is 1.20 bits per heavy atom. The second-order valence-corrected chi connectivity index (χ2v) is 7.15. The standard InChI is InChI=1S/C13H18N2O4S/c1-10-8-15(6-5-14(10)2)20(16,17)11-3-4-12-13(7-11)19-9-18-12/h3-4,7,10H,5-6,8-9H2,1-2H3. The summed E-state index contributed by atoms with van der Waals surface area (Å²) in [4.78, 5) is 2.42. The predicted molar refractivity (Wildman–Crippen MR) is 73.4 cm³/mol. The largest absolute Gasteiger partial charge is 0.454 e. The van der Waals surface area contributed by atoms with E-state index in [1.807, 2.05) is 14.0 Å². The average Bonchev–Trinajstić information content (AvgIpc) is 2.89. The van der Waals surface area contributed by atoms with E-state index in [2.05, 4.69) is 4.90 Å². The van der Waals surface area contributed by atoms with Crippen molar-refractivity contribution in [1.29, 1.82) is 0 Å². The Hall–Kier alpha value is -1.31. The van der Waals surface area contributed by atoms with Crippen LogP contribution in [0.4, 0.5) is 0 Å². The fourth-order valence-electron chi connectivity index (χ4n) is 2.42. The molecule has 1 aromatic rings. The van der Waals surface area contributed by atoms with Gasteiger partial charge in [0.15, 0.2) is 11.5 Å². The quantitative estimate of drug-likeness (QED) is 0.806. The fourth-order valence-corrected chi connectivity index (χ4v) is 3.95. The van der Waals surface area contributed by atoms with Gasteiger partial charge in [0.25, 0.3) is 0 Å². The summed E-state index contributed by atoms with van der Waals surface area (Å²) >= 11 is 0. The van der Waals surface area contributed by atoms with Gasteiger partial charge in [0.05, 0.1) is 4.90 Å². The van der Waals surface area contributed by atoms with Gasteiger partial charge < -0.3 is 14.4 Å². The average molecular weight is 298 g/mol. The summed E-state index contributed by atoms with van der Waals surface area (Å²) in [6.07, 6.45) is 0. The summed E-state index contributed by atoms with van der Waals surface area (Å²) in [7, 11) is -1.46. The molecule has 0 saturated carbocycles. The number of piperazine rings is 1. The molecule has 1 unspecified atom stereocenters. The Kier molecular flexibility index (Phi) is 3.35. The molecule has 0 spiro atoms.